The highest BCUT2D eigenvalue weighted by atomic mass is 32.1. The van der Waals surface area contributed by atoms with Crippen LogP contribution in [0.2, 0.25) is 0 Å². The van der Waals surface area contributed by atoms with Gasteiger partial charge in [-0.25, -0.2) is 4.79 Å². The molecule has 17 heavy (non-hydrogen) atoms. The first kappa shape index (κ1) is 10.5. The van der Waals surface area contributed by atoms with Crippen molar-refractivity contribution in [3.63, 3.8) is 0 Å². The van der Waals surface area contributed by atoms with Gasteiger partial charge in [-0.15, -0.1) is 11.3 Å². The van der Waals surface area contributed by atoms with Crippen molar-refractivity contribution in [2.24, 2.45) is 0 Å². The number of nitrogens with zero attached hydrogens (tertiary/aromatic N) is 2. The number of hydrogen-bond donors (Lipinski definition) is 2. The van der Waals surface area contributed by atoms with Gasteiger partial charge in [-0.1, -0.05) is 0 Å². The van der Waals surface area contributed by atoms with Crippen LogP contribution in [0.4, 0.5) is 5.95 Å². The van der Waals surface area contributed by atoms with E-state index in [4.69, 9.17) is 5.73 Å². The summed E-state index contributed by atoms with van der Waals surface area (Å²) in [4.78, 5) is 23.1. The maximum Gasteiger partial charge on any atom is 0.349 e. The van der Waals surface area contributed by atoms with Crippen LogP contribution >= 0.6 is 11.3 Å². The zero-order valence-corrected chi connectivity index (χ0v) is 9.96. The lowest BCUT2D eigenvalue weighted by molar-refractivity contribution is 0.593. The number of H-pyrrole nitrogens is 1. The van der Waals surface area contributed by atoms with Crippen LogP contribution < -0.4 is 11.4 Å². The van der Waals surface area contributed by atoms with Crippen molar-refractivity contribution in [3.8, 4) is 0 Å². The van der Waals surface area contributed by atoms with Crippen molar-refractivity contribution in [2.45, 2.75) is 25.2 Å². The molecule has 6 heteroatoms. The molecule has 0 fully saturated rings. The van der Waals surface area contributed by atoms with Crippen molar-refractivity contribution in [1.29, 1.82) is 0 Å². The second kappa shape index (κ2) is 3.96. The summed E-state index contributed by atoms with van der Waals surface area (Å²) >= 11 is 1.77. The number of thiophene rings is 1. The summed E-state index contributed by atoms with van der Waals surface area (Å²) in [5, 5.41) is 2.09. The molecular weight excluding hydrogens is 236 g/mol. The Labute approximate surface area is 102 Å². The van der Waals surface area contributed by atoms with E-state index < -0.39 is 5.69 Å². The molecule has 0 saturated carbocycles. The summed E-state index contributed by atoms with van der Waals surface area (Å²) in [5.74, 6) is 0.843. The van der Waals surface area contributed by atoms with E-state index in [1.165, 1.54) is 10.4 Å². The van der Waals surface area contributed by atoms with Crippen molar-refractivity contribution in [3.05, 3.63) is 38.2 Å². The van der Waals surface area contributed by atoms with Crippen molar-refractivity contribution in [2.75, 3.05) is 5.73 Å². The van der Waals surface area contributed by atoms with Gasteiger partial charge in [0.05, 0.1) is 0 Å². The molecule has 0 radical (unpaired) electrons. The molecule has 0 aliphatic heterocycles. The van der Waals surface area contributed by atoms with E-state index in [9.17, 15) is 4.79 Å². The first-order valence-corrected chi connectivity index (χ1v) is 6.42. The quantitative estimate of drug-likeness (QED) is 0.796. The van der Waals surface area contributed by atoms with E-state index in [0.29, 0.717) is 5.82 Å². The Morgan fingerprint density at radius 1 is 1.47 bits per heavy atom. The van der Waals surface area contributed by atoms with Crippen molar-refractivity contribution < 1.29 is 0 Å². The molecule has 2 aromatic rings. The fourth-order valence-corrected chi connectivity index (χ4v) is 3.34. The average Bonchev–Trinajstić information content (AvgIpc) is 2.75. The number of rotatable bonds is 1. The zero-order valence-electron chi connectivity index (χ0n) is 9.14. The summed E-state index contributed by atoms with van der Waals surface area (Å²) in [6.45, 7) is 0. The van der Waals surface area contributed by atoms with Gasteiger partial charge in [0.1, 0.15) is 5.82 Å². The van der Waals surface area contributed by atoms with Gasteiger partial charge in [-0.05, 0) is 36.3 Å². The standard InChI is InChI=1S/C11H12N4OS/c12-10-13-9(14-11(16)15-10)7-2-1-3-8-6(7)4-5-17-8/h4-5,7H,1-3H2,(H3,12,13,14,15,16). The first-order valence-electron chi connectivity index (χ1n) is 5.54. The number of aromatic amines is 1. The lowest BCUT2D eigenvalue weighted by Crippen LogP contribution is -2.21. The van der Waals surface area contributed by atoms with Crippen LogP contribution in [0.15, 0.2) is 16.2 Å². The maximum atomic E-state index is 11.3. The normalized spacial score (nSPS) is 18.9. The highest BCUT2D eigenvalue weighted by Crippen LogP contribution is 2.37. The summed E-state index contributed by atoms with van der Waals surface area (Å²) in [7, 11) is 0. The molecule has 0 amide bonds. The number of aromatic nitrogens is 3. The third kappa shape index (κ3) is 1.84. The van der Waals surface area contributed by atoms with Gasteiger partial charge in [-0.2, -0.15) is 9.97 Å². The third-order valence-electron chi connectivity index (χ3n) is 3.07. The van der Waals surface area contributed by atoms with Crippen LogP contribution in [0.5, 0.6) is 0 Å². The minimum atomic E-state index is -0.421. The van der Waals surface area contributed by atoms with Gasteiger partial charge in [0.15, 0.2) is 0 Å². The summed E-state index contributed by atoms with van der Waals surface area (Å²) in [6.07, 6.45) is 3.23. The van der Waals surface area contributed by atoms with E-state index in [2.05, 4.69) is 26.4 Å². The third-order valence-corrected chi connectivity index (χ3v) is 4.06. The summed E-state index contributed by atoms with van der Waals surface area (Å²) < 4.78 is 0. The lowest BCUT2D eigenvalue weighted by Gasteiger charge is -2.21. The fraction of sp³-hybridized carbons (Fsp3) is 0.364. The van der Waals surface area contributed by atoms with Gasteiger partial charge in [-0.3, -0.25) is 4.98 Å². The second-order valence-electron chi connectivity index (χ2n) is 4.14. The number of nitrogens with two attached hydrogens (primary N) is 1. The van der Waals surface area contributed by atoms with Crippen LogP contribution in [-0.4, -0.2) is 15.0 Å². The van der Waals surface area contributed by atoms with Crippen LogP contribution in [-0.2, 0) is 6.42 Å². The molecule has 1 aliphatic carbocycles. The minimum Gasteiger partial charge on any atom is -0.368 e. The Morgan fingerprint density at radius 3 is 3.18 bits per heavy atom. The fourth-order valence-electron chi connectivity index (χ4n) is 2.35. The number of aryl methyl sites for hydroxylation is 1. The minimum absolute atomic E-state index is 0.0473. The molecule has 0 spiro atoms. The summed E-state index contributed by atoms with van der Waals surface area (Å²) in [5.41, 5.74) is 6.37. The van der Waals surface area contributed by atoms with Crippen molar-refractivity contribution in [1.82, 2.24) is 15.0 Å². The van der Waals surface area contributed by atoms with E-state index >= 15 is 0 Å². The highest BCUT2D eigenvalue weighted by Gasteiger charge is 2.24. The van der Waals surface area contributed by atoms with Gasteiger partial charge in [0, 0.05) is 10.8 Å². The Morgan fingerprint density at radius 2 is 2.35 bits per heavy atom. The molecule has 88 valence electrons. The number of nitrogen functional groups attached to an aromatic ring is 1. The maximum absolute atomic E-state index is 11.3. The monoisotopic (exact) mass is 248 g/mol. The number of nitrogens with one attached hydrogen (secondary N) is 1. The molecule has 1 unspecified atom stereocenters. The topological polar surface area (TPSA) is 84.7 Å². The molecule has 3 N–H and O–H groups in total. The smallest absolute Gasteiger partial charge is 0.349 e. The number of fused-ring (bicyclic) bond motifs is 1. The SMILES string of the molecule is Nc1nc(C2CCCc3sccc32)[nH]c(=O)n1. The highest BCUT2D eigenvalue weighted by molar-refractivity contribution is 7.10. The first-order chi connectivity index (χ1) is 8.24. The largest absolute Gasteiger partial charge is 0.368 e. The predicted molar refractivity (Wildman–Crippen MR) is 66.2 cm³/mol. The van der Waals surface area contributed by atoms with Gasteiger partial charge in [0.25, 0.3) is 0 Å². The Kier molecular flexibility index (Phi) is 2.44. The van der Waals surface area contributed by atoms with E-state index in [1.807, 2.05) is 0 Å². The lowest BCUT2D eigenvalue weighted by atomic mass is 9.87. The van der Waals surface area contributed by atoms with Crippen LogP contribution in [0.25, 0.3) is 0 Å². The molecule has 1 aliphatic rings. The Balaban J connectivity index is 2.09. The molecular formula is C11H12N4OS. The Bertz CT molecular complexity index is 604. The molecule has 0 aromatic carbocycles. The Hall–Kier alpha value is -1.69. The number of anilines is 1. The predicted octanol–water partition coefficient (Wildman–Crippen LogP) is 1.28. The second-order valence-corrected chi connectivity index (χ2v) is 5.14. The van der Waals surface area contributed by atoms with Crippen molar-refractivity contribution >= 4 is 17.3 Å². The molecule has 1 atom stereocenters. The van der Waals surface area contributed by atoms with Crippen LogP contribution in [0, 0.1) is 0 Å². The number of hydrogen-bond acceptors (Lipinski definition) is 5. The molecule has 0 bridgehead atoms. The van der Waals surface area contributed by atoms with E-state index in [0.717, 1.165) is 19.3 Å². The molecule has 3 rings (SSSR count). The molecule has 5 nitrogen and oxygen atoms in total. The van der Waals surface area contributed by atoms with Gasteiger partial charge < -0.3 is 5.73 Å². The molecule has 2 aromatic heterocycles. The van der Waals surface area contributed by atoms with Gasteiger partial charge >= 0.3 is 5.69 Å². The zero-order chi connectivity index (χ0) is 11.8. The molecule has 2 heterocycles. The van der Waals surface area contributed by atoms with E-state index in [-0.39, 0.29) is 11.9 Å². The summed E-state index contributed by atoms with van der Waals surface area (Å²) in [6, 6.07) is 2.11. The molecule has 0 saturated heterocycles. The van der Waals surface area contributed by atoms with Crippen LogP contribution in [0.1, 0.15) is 35.0 Å². The van der Waals surface area contributed by atoms with Crippen LogP contribution in [0.3, 0.4) is 0 Å². The van der Waals surface area contributed by atoms with Gasteiger partial charge in [0.2, 0.25) is 5.95 Å². The average molecular weight is 248 g/mol. The van der Waals surface area contributed by atoms with E-state index in [1.54, 1.807) is 11.3 Å².